The number of aldehydes is 1. The van der Waals surface area contributed by atoms with Crippen molar-refractivity contribution in [2.75, 3.05) is 13.7 Å². The summed E-state index contributed by atoms with van der Waals surface area (Å²) in [6, 6.07) is -0.540. The van der Waals surface area contributed by atoms with Crippen molar-refractivity contribution in [2.45, 2.75) is 192 Å². The van der Waals surface area contributed by atoms with Crippen molar-refractivity contribution >= 4 is 46.4 Å². The number of amides is 1. The molecule has 0 unspecified atom stereocenters. The Hall–Kier alpha value is -2.07. The van der Waals surface area contributed by atoms with Gasteiger partial charge in [0.15, 0.2) is 5.79 Å². The molecule has 1 saturated heterocycles. The van der Waals surface area contributed by atoms with Gasteiger partial charge < -0.3 is 39.6 Å². The number of carbonyl (C=O) groups excluding carboxylic acids is 4. The van der Waals surface area contributed by atoms with Crippen LogP contribution in [0.25, 0.3) is 0 Å². The molecule has 12 heteroatoms. The second kappa shape index (κ2) is 28.1. The van der Waals surface area contributed by atoms with Crippen LogP contribution in [0, 0.1) is 35.5 Å². The lowest BCUT2D eigenvalue weighted by molar-refractivity contribution is -0.283. The lowest BCUT2D eigenvalue weighted by Crippen LogP contribution is -2.52. The SMILES string of the molecule is CCCN(C(=O)C[C@]1(O)O[C@H](C[C@H](O)/C(C)=C/C=C/C=C/[C@@H](C)C[C@@H](C)C(=O)C[C@H](O)/C(C)=C/[C@@H](C)C(=O)C[C@H](OC)[C@H](C)C[C@@H]2CC[C@@H](O)[C@H](I)C2)CC[C@H]1C)[C@H](C=O)CC. The smallest absolute Gasteiger partial charge is 0.228 e. The van der Waals surface area contributed by atoms with Gasteiger partial charge in [-0.2, -0.15) is 0 Å². The molecule has 0 aromatic rings. The van der Waals surface area contributed by atoms with Gasteiger partial charge in [0.25, 0.3) is 0 Å². The van der Waals surface area contributed by atoms with Crippen LogP contribution in [0.4, 0.5) is 0 Å². The second-order valence-corrected chi connectivity index (χ2v) is 20.4. The van der Waals surface area contributed by atoms with Crippen LogP contribution in [0.15, 0.2) is 47.6 Å². The Morgan fingerprint density at radius 1 is 0.935 bits per heavy atom. The summed E-state index contributed by atoms with van der Waals surface area (Å²) in [6.45, 7) is 17.5. The number of rotatable bonds is 27. The maximum Gasteiger partial charge on any atom is 0.228 e. The summed E-state index contributed by atoms with van der Waals surface area (Å²) in [7, 11) is 1.65. The Kier molecular flexibility index (Phi) is 25.4. The van der Waals surface area contributed by atoms with Crippen molar-refractivity contribution in [3.05, 3.63) is 47.6 Å². The zero-order valence-electron chi connectivity index (χ0n) is 39.5. The molecule has 0 aromatic heterocycles. The zero-order valence-corrected chi connectivity index (χ0v) is 41.7. The number of carbonyl (C=O) groups is 4. The van der Waals surface area contributed by atoms with Crippen molar-refractivity contribution in [1.82, 2.24) is 4.90 Å². The average Bonchev–Trinajstić information content (AvgIpc) is 3.21. The minimum absolute atomic E-state index is 0.0144. The second-order valence-electron chi connectivity index (χ2n) is 18.8. The molecule has 1 heterocycles. The first-order chi connectivity index (χ1) is 29.2. The normalized spacial score (nSPS) is 27.9. The molecular weight excluding hydrogens is 901 g/mol. The molecule has 0 aromatic carbocycles. The third-order valence-corrected chi connectivity index (χ3v) is 14.7. The van der Waals surface area contributed by atoms with Gasteiger partial charge in [0.05, 0.1) is 43.0 Å². The summed E-state index contributed by atoms with van der Waals surface area (Å²) in [5.74, 6) is -2.15. The molecule has 1 aliphatic carbocycles. The van der Waals surface area contributed by atoms with E-state index in [2.05, 4.69) is 29.5 Å². The van der Waals surface area contributed by atoms with Crippen LogP contribution in [0.2, 0.25) is 0 Å². The van der Waals surface area contributed by atoms with E-state index in [1.165, 1.54) is 4.90 Å². The lowest BCUT2D eigenvalue weighted by atomic mass is 9.79. The summed E-state index contributed by atoms with van der Waals surface area (Å²) < 4.78 is 12.1. The summed E-state index contributed by atoms with van der Waals surface area (Å²) in [5.41, 5.74) is 1.34. The van der Waals surface area contributed by atoms with Crippen molar-refractivity contribution in [2.24, 2.45) is 35.5 Å². The Morgan fingerprint density at radius 2 is 1.63 bits per heavy atom. The predicted molar refractivity (Wildman–Crippen MR) is 255 cm³/mol. The van der Waals surface area contributed by atoms with Crippen molar-refractivity contribution in [1.29, 1.82) is 0 Å². The van der Waals surface area contributed by atoms with Gasteiger partial charge >= 0.3 is 0 Å². The van der Waals surface area contributed by atoms with Gasteiger partial charge in [-0.05, 0) is 101 Å². The molecule has 2 rings (SSSR count). The number of halogens is 1. The number of Topliss-reactive ketones (excluding diaryl/α,β-unsaturated/α-hetero) is 2. The van der Waals surface area contributed by atoms with E-state index in [1.807, 2.05) is 78.8 Å². The number of nitrogens with zero attached hydrogens (tertiary/aromatic N) is 1. The summed E-state index contributed by atoms with van der Waals surface area (Å²) in [6.07, 6.45) is 16.5. The van der Waals surface area contributed by atoms with Crippen LogP contribution < -0.4 is 0 Å². The van der Waals surface area contributed by atoms with Gasteiger partial charge in [0, 0.05) is 54.6 Å². The minimum atomic E-state index is -1.68. The van der Waals surface area contributed by atoms with Crippen molar-refractivity contribution < 1.29 is 49.1 Å². The fourth-order valence-electron chi connectivity index (χ4n) is 8.90. The number of allylic oxidation sites excluding steroid dienone is 6. The Labute approximate surface area is 387 Å². The molecule has 0 bridgehead atoms. The van der Waals surface area contributed by atoms with E-state index < -0.39 is 36.1 Å². The van der Waals surface area contributed by atoms with Gasteiger partial charge in [-0.15, -0.1) is 0 Å². The topological polar surface area (TPSA) is 171 Å². The van der Waals surface area contributed by atoms with E-state index in [1.54, 1.807) is 20.1 Å². The summed E-state index contributed by atoms with van der Waals surface area (Å²) >= 11 is 2.34. The highest BCUT2D eigenvalue weighted by Crippen LogP contribution is 2.38. The van der Waals surface area contributed by atoms with Crippen LogP contribution >= 0.6 is 22.6 Å². The Morgan fingerprint density at radius 3 is 2.24 bits per heavy atom. The number of ether oxygens (including phenoxy) is 2. The van der Waals surface area contributed by atoms with Crippen LogP contribution in [-0.2, 0) is 28.7 Å². The fraction of sp³-hybridized carbons (Fsp3) is 0.760. The maximum absolute atomic E-state index is 13.3. The van der Waals surface area contributed by atoms with Crippen LogP contribution in [0.5, 0.6) is 0 Å². The van der Waals surface area contributed by atoms with Gasteiger partial charge in [0.1, 0.15) is 17.9 Å². The molecule has 354 valence electrons. The monoisotopic (exact) mass is 983 g/mol. The molecule has 2 aliphatic rings. The van der Waals surface area contributed by atoms with E-state index in [-0.39, 0.29) is 83.0 Å². The number of hydrogen-bond acceptors (Lipinski definition) is 10. The molecule has 62 heavy (non-hydrogen) atoms. The molecule has 4 N–H and O–H groups in total. The number of aliphatic hydroxyl groups is 4. The fourth-order valence-corrected chi connectivity index (χ4v) is 9.97. The average molecular weight is 984 g/mol. The van der Waals surface area contributed by atoms with Gasteiger partial charge in [0.2, 0.25) is 5.91 Å². The lowest BCUT2D eigenvalue weighted by Gasteiger charge is -2.43. The van der Waals surface area contributed by atoms with Gasteiger partial charge in [-0.1, -0.05) is 108 Å². The first-order valence-electron chi connectivity index (χ1n) is 23.3. The number of alkyl halides is 1. The number of ketones is 2. The third kappa shape index (κ3) is 18.4. The Balaban J connectivity index is 1.84. The van der Waals surface area contributed by atoms with E-state index in [0.717, 1.165) is 37.5 Å². The molecule has 0 spiro atoms. The van der Waals surface area contributed by atoms with Crippen LogP contribution in [-0.4, -0.2) is 109 Å². The standard InChI is InChI=1S/C50H82INO10/c1-11-22-52(40(12-2)31-53)49(59)30-50(60)38(9)18-20-41(62-50)27-44(55)33(4)17-15-13-14-16-32(3)23-34(5)45(56)28-46(57)35(6)24-36(7)47(58)29-48(61-10)37(8)25-39-19-21-43(54)42(51)26-39/h13-17,24,31-32,34,36-44,46,48,54-55,57,60H,11-12,18-23,25-30H2,1-10H3/b15-13+,16-14+,33-17+,35-24+/t32-,34-,36-,37-,38-,39+,40+,41+,42-,43-,44+,46+,48+,50+/m1/s1. The zero-order chi connectivity index (χ0) is 46.7. The molecular formula is C50H82INO10. The summed E-state index contributed by atoms with van der Waals surface area (Å²) in [5, 5.41) is 43.5. The van der Waals surface area contributed by atoms with E-state index in [4.69, 9.17) is 9.47 Å². The molecule has 2 fully saturated rings. The van der Waals surface area contributed by atoms with E-state index in [0.29, 0.717) is 50.1 Å². The molecule has 1 aliphatic heterocycles. The minimum Gasteiger partial charge on any atom is -0.392 e. The van der Waals surface area contributed by atoms with E-state index in [9.17, 15) is 39.6 Å². The number of hydrogen-bond donors (Lipinski definition) is 4. The first kappa shape index (κ1) is 56.1. The number of aliphatic hydroxyl groups excluding tert-OH is 3. The number of methoxy groups -OCH3 is 1. The van der Waals surface area contributed by atoms with E-state index >= 15 is 0 Å². The molecule has 11 nitrogen and oxygen atoms in total. The first-order valence-corrected chi connectivity index (χ1v) is 24.6. The molecule has 14 atom stereocenters. The predicted octanol–water partition coefficient (Wildman–Crippen LogP) is 8.44. The Bertz CT molecular complexity index is 1530. The highest BCUT2D eigenvalue weighted by molar-refractivity contribution is 14.1. The largest absolute Gasteiger partial charge is 0.392 e. The summed E-state index contributed by atoms with van der Waals surface area (Å²) in [4.78, 5) is 52.8. The molecule has 0 radical (unpaired) electrons. The highest BCUT2D eigenvalue weighted by atomic mass is 127. The van der Waals surface area contributed by atoms with Gasteiger partial charge in [-0.25, -0.2) is 0 Å². The van der Waals surface area contributed by atoms with Crippen LogP contribution in [0.1, 0.15) is 146 Å². The molecule has 1 amide bonds. The maximum atomic E-state index is 13.3. The van der Waals surface area contributed by atoms with Crippen molar-refractivity contribution in [3.8, 4) is 0 Å². The quantitative estimate of drug-likeness (QED) is 0.0206. The molecule has 1 saturated carbocycles. The van der Waals surface area contributed by atoms with Gasteiger partial charge in [-0.3, -0.25) is 14.4 Å². The highest BCUT2D eigenvalue weighted by Gasteiger charge is 2.44. The third-order valence-electron chi connectivity index (χ3n) is 13.4. The van der Waals surface area contributed by atoms with Crippen molar-refractivity contribution in [3.63, 3.8) is 0 Å². The van der Waals surface area contributed by atoms with Crippen LogP contribution in [0.3, 0.4) is 0 Å².